The highest BCUT2D eigenvalue weighted by Gasteiger charge is 2.20. The highest BCUT2D eigenvalue weighted by molar-refractivity contribution is 5.81. The smallest absolute Gasteiger partial charge is 0.253 e. The molecule has 1 aromatic carbocycles. The van der Waals surface area contributed by atoms with E-state index in [0.717, 1.165) is 19.3 Å². The van der Waals surface area contributed by atoms with Crippen LogP contribution in [0.25, 0.3) is 0 Å². The topological polar surface area (TPSA) is 139 Å². The fourth-order valence-corrected chi connectivity index (χ4v) is 1.93. The molecular weight excluding hydrogens is 286 g/mol. The van der Waals surface area contributed by atoms with E-state index in [9.17, 15) is 14.4 Å². The molecule has 0 aliphatic rings. The minimum Gasteiger partial charge on any atom is -0.380 e. The number of nitrogens with two attached hydrogens (primary N) is 2. The zero-order valence-corrected chi connectivity index (χ0v) is 12.9. The molecule has 0 spiro atoms. The van der Waals surface area contributed by atoms with Crippen molar-refractivity contribution in [3.63, 3.8) is 0 Å². The van der Waals surface area contributed by atoms with Gasteiger partial charge in [0.15, 0.2) is 0 Å². The zero-order valence-electron chi connectivity index (χ0n) is 12.9. The third-order valence-electron chi connectivity index (χ3n) is 3.31. The Morgan fingerprint density at radius 1 is 1.05 bits per heavy atom. The van der Waals surface area contributed by atoms with Gasteiger partial charge in [-0.05, 0) is 6.42 Å². The van der Waals surface area contributed by atoms with Crippen LogP contribution in [0.5, 0.6) is 0 Å². The van der Waals surface area contributed by atoms with Gasteiger partial charge in [0.25, 0.3) is 10.9 Å². The minimum absolute atomic E-state index is 0.0726. The van der Waals surface area contributed by atoms with Crippen molar-refractivity contribution in [2.75, 3.05) is 36.8 Å². The third-order valence-corrected chi connectivity index (χ3v) is 3.31. The van der Waals surface area contributed by atoms with Crippen molar-refractivity contribution >= 4 is 17.3 Å². The van der Waals surface area contributed by atoms with Crippen LogP contribution in [-0.4, -0.2) is 38.1 Å². The van der Waals surface area contributed by atoms with Crippen LogP contribution in [-0.2, 0) is 4.79 Å². The molecular formula is C14H25N5O3. The fourth-order valence-electron chi connectivity index (χ4n) is 1.93. The number of anilines is 2. The first-order chi connectivity index (χ1) is 10.5. The lowest BCUT2D eigenvalue weighted by Crippen LogP contribution is -2.46. The first-order valence-corrected chi connectivity index (χ1v) is 7.57. The van der Waals surface area contributed by atoms with Crippen LogP contribution in [0.4, 0.5) is 11.4 Å². The molecule has 1 rings (SSSR count). The molecule has 0 aromatic heterocycles. The van der Waals surface area contributed by atoms with Crippen LogP contribution in [0.3, 0.4) is 0 Å². The first-order valence-electron chi connectivity index (χ1n) is 7.57. The molecule has 0 aliphatic heterocycles. The van der Waals surface area contributed by atoms with Gasteiger partial charge in [-0.2, -0.15) is 0 Å². The number of amides is 1. The fraction of sp³-hybridized carbons (Fsp3) is 0.643. The Kier molecular flexibility index (Phi) is 7.55. The highest BCUT2D eigenvalue weighted by Crippen LogP contribution is 2.13. The van der Waals surface area contributed by atoms with Gasteiger partial charge in [-0.15, -0.1) is 0 Å². The van der Waals surface area contributed by atoms with Gasteiger partial charge in [-0.3, -0.25) is 14.4 Å². The zero-order chi connectivity index (χ0) is 16.5. The summed E-state index contributed by atoms with van der Waals surface area (Å²) in [5.41, 5.74) is 10.4. The Balaban J connectivity index is 2.37. The number of hydrogen-bond donors (Lipinski definition) is 5. The van der Waals surface area contributed by atoms with Crippen molar-refractivity contribution in [2.24, 2.45) is 11.5 Å². The summed E-state index contributed by atoms with van der Waals surface area (Å²) >= 11 is 0. The summed E-state index contributed by atoms with van der Waals surface area (Å²) in [6.07, 6.45) is 3.10. The van der Waals surface area contributed by atoms with Crippen LogP contribution in [0.1, 0.15) is 26.2 Å². The molecule has 124 valence electrons. The van der Waals surface area contributed by atoms with Crippen molar-refractivity contribution in [3.8, 4) is 0 Å². The lowest BCUT2D eigenvalue weighted by molar-refractivity contribution is -0.122. The molecule has 1 atom stereocenters. The van der Waals surface area contributed by atoms with Gasteiger partial charge < -0.3 is 27.4 Å². The summed E-state index contributed by atoms with van der Waals surface area (Å²) < 4.78 is 0. The molecule has 7 N–H and O–H groups in total. The first kappa shape index (κ1) is 18.1. The van der Waals surface area contributed by atoms with Gasteiger partial charge in [0, 0.05) is 26.2 Å². The van der Waals surface area contributed by atoms with Gasteiger partial charge >= 0.3 is 0 Å². The Morgan fingerprint density at radius 3 is 2.18 bits per heavy atom. The molecule has 1 aromatic rings. The van der Waals surface area contributed by atoms with Crippen molar-refractivity contribution in [1.82, 2.24) is 5.32 Å². The molecule has 0 radical (unpaired) electrons. The van der Waals surface area contributed by atoms with Crippen molar-refractivity contribution in [1.29, 1.82) is 0 Å². The minimum atomic E-state index is -0.734. The van der Waals surface area contributed by atoms with E-state index in [-0.39, 0.29) is 12.5 Å². The SMILES string of the molecule is CCCCCNc1c(NCCNC(=O)[C@H](N)CN)c(=O)c1=O. The maximum absolute atomic E-state index is 11.5. The van der Waals surface area contributed by atoms with Crippen LogP contribution in [0, 0.1) is 0 Å². The molecule has 8 heteroatoms. The summed E-state index contributed by atoms with van der Waals surface area (Å²) in [6.45, 7) is 3.45. The van der Waals surface area contributed by atoms with E-state index in [4.69, 9.17) is 11.5 Å². The van der Waals surface area contributed by atoms with Gasteiger partial charge in [0.2, 0.25) is 5.91 Å². The molecule has 22 heavy (non-hydrogen) atoms. The maximum atomic E-state index is 11.5. The summed E-state index contributed by atoms with van der Waals surface area (Å²) in [5, 5.41) is 8.44. The molecule has 0 aliphatic carbocycles. The van der Waals surface area contributed by atoms with Crippen LogP contribution in [0.15, 0.2) is 9.59 Å². The number of nitrogens with one attached hydrogen (secondary N) is 3. The van der Waals surface area contributed by atoms with Gasteiger partial charge in [-0.25, -0.2) is 0 Å². The van der Waals surface area contributed by atoms with E-state index in [1.807, 2.05) is 0 Å². The monoisotopic (exact) mass is 311 g/mol. The number of hydrogen-bond acceptors (Lipinski definition) is 7. The van der Waals surface area contributed by atoms with Gasteiger partial charge in [0.05, 0.1) is 6.04 Å². The van der Waals surface area contributed by atoms with E-state index < -0.39 is 16.9 Å². The Labute approximate surface area is 129 Å². The molecule has 8 nitrogen and oxygen atoms in total. The van der Waals surface area contributed by atoms with E-state index in [1.54, 1.807) is 0 Å². The van der Waals surface area contributed by atoms with E-state index in [0.29, 0.717) is 31.0 Å². The molecule has 0 saturated carbocycles. The third kappa shape index (κ3) is 4.81. The van der Waals surface area contributed by atoms with Crippen LogP contribution < -0.4 is 38.3 Å². The van der Waals surface area contributed by atoms with E-state index in [1.165, 1.54) is 0 Å². The Bertz CT molecular complexity index is 551. The van der Waals surface area contributed by atoms with Crippen LogP contribution >= 0.6 is 0 Å². The summed E-state index contributed by atoms with van der Waals surface area (Å²) in [7, 11) is 0. The molecule has 1 amide bonds. The average molecular weight is 311 g/mol. The van der Waals surface area contributed by atoms with Crippen molar-refractivity contribution < 1.29 is 4.79 Å². The quantitative estimate of drug-likeness (QED) is 0.253. The number of carbonyl (C=O) groups excluding carboxylic acids is 1. The standard InChI is InChI=1S/C14H25N5O3/c1-2-3-4-5-17-10-11(13(21)12(10)20)18-6-7-19-14(22)9(16)8-15/h9,17-18H,2-8,15-16H2,1H3,(H,19,22)/t9-/m1/s1. The average Bonchev–Trinajstić information content (AvgIpc) is 2.54. The molecule has 0 saturated heterocycles. The molecule has 0 unspecified atom stereocenters. The van der Waals surface area contributed by atoms with Crippen molar-refractivity contribution in [3.05, 3.63) is 20.4 Å². The maximum Gasteiger partial charge on any atom is 0.253 e. The number of rotatable bonds is 11. The predicted octanol–water partition coefficient (Wildman–Crippen LogP) is -1.30. The Morgan fingerprint density at radius 2 is 1.64 bits per heavy atom. The normalized spacial score (nSPS) is 12.1. The molecule has 0 heterocycles. The number of unbranched alkanes of at least 4 members (excludes halogenated alkanes) is 2. The Hall–Kier alpha value is -1.93. The summed E-state index contributed by atoms with van der Waals surface area (Å²) in [4.78, 5) is 34.4. The number of carbonyl (C=O) groups is 1. The lowest BCUT2D eigenvalue weighted by atomic mass is 10.1. The van der Waals surface area contributed by atoms with Crippen LogP contribution in [0.2, 0.25) is 0 Å². The summed E-state index contributed by atoms with van der Waals surface area (Å²) in [6, 6.07) is -0.734. The second-order valence-electron chi connectivity index (χ2n) is 5.10. The second-order valence-corrected chi connectivity index (χ2v) is 5.10. The second kappa shape index (κ2) is 9.16. The van der Waals surface area contributed by atoms with Gasteiger partial charge in [0.1, 0.15) is 11.4 Å². The summed E-state index contributed by atoms with van der Waals surface area (Å²) in [5.74, 6) is -0.341. The van der Waals surface area contributed by atoms with E-state index >= 15 is 0 Å². The van der Waals surface area contributed by atoms with E-state index in [2.05, 4.69) is 22.9 Å². The highest BCUT2D eigenvalue weighted by atomic mass is 16.2. The van der Waals surface area contributed by atoms with Crippen molar-refractivity contribution in [2.45, 2.75) is 32.2 Å². The van der Waals surface area contributed by atoms with Gasteiger partial charge in [-0.1, -0.05) is 19.8 Å². The largest absolute Gasteiger partial charge is 0.380 e. The molecule has 0 fully saturated rings. The predicted molar refractivity (Wildman–Crippen MR) is 87.9 cm³/mol. The molecule has 0 bridgehead atoms. The lowest BCUT2D eigenvalue weighted by Gasteiger charge is -2.15.